The molecular weight excluding hydrogens is 396 g/mol. The average molecular weight is 427 g/mol. The van der Waals surface area contributed by atoms with Crippen molar-refractivity contribution in [3.63, 3.8) is 0 Å². The highest BCUT2D eigenvalue weighted by molar-refractivity contribution is 6.04. The van der Waals surface area contributed by atoms with Crippen molar-refractivity contribution in [1.29, 1.82) is 0 Å². The van der Waals surface area contributed by atoms with Crippen LogP contribution in [0.3, 0.4) is 0 Å². The van der Waals surface area contributed by atoms with Crippen LogP contribution >= 0.6 is 0 Å². The minimum Gasteiger partial charge on any atom is -0.482 e. The first kappa shape index (κ1) is 23.9. The van der Waals surface area contributed by atoms with Gasteiger partial charge in [0.25, 0.3) is 11.8 Å². The van der Waals surface area contributed by atoms with Gasteiger partial charge in [0.2, 0.25) is 0 Å². The topological polar surface area (TPSA) is 93.7 Å². The minimum absolute atomic E-state index is 0.246. The largest absolute Gasteiger partial charge is 0.482 e. The maximum atomic E-state index is 12.3. The van der Waals surface area contributed by atoms with Gasteiger partial charge in [-0.25, -0.2) is 4.79 Å². The Balaban J connectivity index is 1.86. The zero-order chi connectivity index (χ0) is 22.8. The summed E-state index contributed by atoms with van der Waals surface area (Å²) >= 11 is 0. The second-order valence-corrected chi connectivity index (χ2v) is 7.84. The summed E-state index contributed by atoms with van der Waals surface area (Å²) in [6.07, 6.45) is 0. The Morgan fingerprint density at radius 1 is 0.903 bits per heavy atom. The van der Waals surface area contributed by atoms with Crippen LogP contribution in [0.15, 0.2) is 48.5 Å². The number of hydrogen-bond acceptors (Lipinski definition) is 5. The van der Waals surface area contributed by atoms with Crippen LogP contribution < -0.4 is 15.4 Å². The molecule has 0 radical (unpaired) electrons. The van der Waals surface area contributed by atoms with E-state index in [-0.39, 0.29) is 18.4 Å². The highest BCUT2D eigenvalue weighted by Crippen LogP contribution is 2.25. The standard InChI is InChI=1S/C24H30N2O5/c1-16(2)13-25-24(29)19-10-5-7-11-20(19)26-22(27)14-31-23(28)15-30-21-12-8-6-9-18(21)17(3)4/h5-12,16-17H,13-15H2,1-4H3,(H,25,29)(H,26,27). The molecule has 0 unspecified atom stereocenters. The van der Waals surface area contributed by atoms with Crippen LogP contribution in [-0.4, -0.2) is 37.5 Å². The van der Waals surface area contributed by atoms with Crippen molar-refractivity contribution in [2.45, 2.75) is 33.6 Å². The van der Waals surface area contributed by atoms with Crippen LogP contribution in [0.1, 0.15) is 49.5 Å². The molecule has 0 heterocycles. The number of rotatable bonds is 10. The molecular formula is C24H30N2O5. The molecule has 31 heavy (non-hydrogen) atoms. The fourth-order valence-electron chi connectivity index (χ4n) is 2.78. The number of esters is 1. The third-order valence-electron chi connectivity index (χ3n) is 4.37. The van der Waals surface area contributed by atoms with Gasteiger partial charge in [-0.2, -0.15) is 0 Å². The summed E-state index contributed by atoms with van der Waals surface area (Å²) in [4.78, 5) is 36.6. The number of para-hydroxylation sites is 2. The summed E-state index contributed by atoms with van der Waals surface area (Å²) in [5.74, 6) is -0.314. The van der Waals surface area contributed by atoms with E-state index in [1.165, 1.54) is 0 Å². The van der Waals surface area contributed by atoms with Crippen LogP contribution in [0.2, 0.25) is 0 Å². The van der Waals surface area contributed by atoms with E-state index >= 15 is 0 Å². The predicted octanol–water partition coefficient (Wildman–Crippen LogP) is 3.76. The molecule has 2 aromatic rings. The van der Waals surface area contributed by atoms with Gasteiger partial charge in [-0.1, -0.05) is 58.0 Å². The van der Waals surface area contributed by atoms with Crippen molar-refractivity contribution < 1.29 is 23.9 Å². The number of carbonyl (C=O) groups is 3. The first-order valence-electron chi connectivity index (χ1n) is 10.3. The predicted molar refractivity (Wildman–Crippen MR) is 119 cm³/mol. The van der Waals surface area contributed by atoms with Crippen LogP contribution in [0, 0.1) is 5.92 Å². The third kappa shape index (κ3) is 7.77. The fraction of sp³-hybridized carbons (Fsp3) is 0.375. The number of benzene rings is 2. The van der Waals surface area contributed by atoms with Crippen LogP contribution in [0.4, 0.5) is 5.69 Å². The molecule has 2 aromatic carbocycles. The van der Waals surface area contributed by atoms with E-state index in [9.17, 15) is 14.4 Å². The molecule has 0 saturated carbocycles. The highest BCUT2D eigenvalue weighted by atomic mass is 16.6. The van der Waals surface area contributed by atoms with E-state index in [0.717, 1.165) is 5.56 Å². The molecule has 2 rings (SSSR count). The van der Waals surface area contributed by atoms with Gasteiger partial charge in [0.1, 0.15) is 5.75 Å². The van der Waals surface area contributed by atoms with Gasteiger partial charge in [-0.3, -0.25) is 9.59 Å². The molecule has 0 saturated heterocycles. The number of nitrogens with one attached hydrogen (secondary N) is 2. The van der Waals surface area contributed by atoms with Gasteiger partial charge < -0.3 is 20.1 Å². The fourth-order valence-corrected chi connectivity index (χ4v) is 2.78. The number of anilines is 1. The maximum absolute atomic E-state index is 12.3. The monoisotopic (exact) mass is 426 g/mol. The maximum Gasteiger partial charge on any atom is 0.344 e. The molecule has 7 heteroatoms. The molecule has 166 valence electrons. The van der Waals surface area contributed by atoms with Gasteiger partial charge in [0.15, 0.2) is 13.2 Å². The van der Waals surface area contributed by atoms with Gasteiger partial charge in [0, 0.05) is 6.54 Å². The van der Waals surface area contributed by atoms with E-state index in [1.807, 2.05) is 45.9 Å². The minimum atomic E-state index is -0.656. The molecule has 2 N–H and O–H groups in total. The summed E-state index contributed by atoms with van der Waals surface area (Å²) < 4.78 is 10.5. The Labute approximate surface area is 183 Å². The van der Waals surface area contributed by atoms with Crippen molar-refractivity contribution in [3.8, 4) is 5.75 Å². The lowest BCUT2D eigenvalue weighted by Gasteiger charge is -2.14. The Morgan fingerprint density at radius 3 is 2.29 bits per heavy atom. The lowest BCUT2D eigenvalue weighted by atomic mass is 10.0. The summed E-state index contributed by atoms with van der Waals surface area (Å²) in [5.41, 5.74) is 1.68. The van der Waals surface area contributed by atoms with Gasteiger partial charge >= 0.3 is 5.97 Å². The van der Waals surface area contributed by atoms with Gasteiger partial charge in [-0.15, -0.1) is 0 Å². The van der Waals surface area contributed by atoms with Crippen molar-refractivity contribution in [1.82, 2.24) is 5.32 Å². The second-order valence-electron chi connectivity index (χ2n) is 7.84. The molecule has 0 aliphatic rings. The Kier molecular flexibility index (Phi) is 9.06. The molecule has 0 spiro atoms. The molecule has 7 nitrogen and oxygen atoms in total. The lowest BCUT2D eigenvalue weighted by molar-refractivity contribution is -0.149. The molecule has 0 aliphatic heterocycles. The summed E-state index contributed by atoms with van der Waals surface area (Å²) in [6.45, 7) is 7.80. The van der Waals surface area contributed by atoms with E-state index < -0.39 is 18.5 Å². The van der Waals surface area contributed by atoms with E-state index in [0.29, 0.717) is 29.5 Å². The zero-order valence-electron chi connectivity index (χ0n) is 18.4. The average Bonchev–Trinajstić information content (AvgIpc) is 2.75. The normalized spacial score (nSPS) is 10.6. The van der Waals surface area contributed by atoms with E-state index in [4.69, 9.17) is 9.47 Å². The summed E-state index contributed by atoms with van der Waals surface area (Å²) in [5, 5.41) is 5.43. The SMILES string of the molecule is CC(C)CNC(=O)c1ccccc1NC(=O)COC(=O)COc1ccccc1C(C)C. The second kappa shape index (κ2) is 11.7. The van der Waals surface area contributed by atoms with E-state index in [1.54, 1.807) is 30.3 Å². The molecule has 0 atom stereocenters. The lowest BCUT2D eigenvalue weighted by Crippen LogP contribution is -2.29. The van der Waals surface area contributed by atoms with Crippen molar-refractivity contribution in [2.75, 3.05) is 25.1 Å². The Bertz CT molecular complexity index is 908. The first-order chi connectivity index (χ1) is 14.8. The van der Waals surface area contributed by atoms with Crippen LogP contribution in [-0.2, 0) is 14.3 Å². The van der Waals surface area contributed by atoms with Gasteiger partial charge in [0.05, 0.1) is 11.3 Å². The van der Waals surface area contributed by atoms with E-state index in [2.05, 4.69) is 10.6 Å². The quantitative estimate of drug-likeness (QED) is 0.564. The molecule has 2 amide bonds. The van der Waals surface area contributed by atoms with Gasteiger partial charge in [-0.05, 0) is 35.6 Å². The van der Waals surface area contributed by atoms with Crippen molar-refractivity contribution in [2.24, 2.45) is 5.92 Å². The Morgan fingerprint density at radius 2 is 1.58 bits per heavy atom. The number of ether oxygens (including phenoxy) is 2. The van der Waals surface area contributed by atoms with Crippen LogP contribution in [0.25, 0.3) is 0 Å². The molecule has 0 fully saturated rings. The number of hydrogen-bond donors (Lipinski definition) is 2. The number of carbonyl (C=O) groups excluding carboxylic acids is 3. The molecule has 0 bridgehead atoms. The third-order valence-corrected chi connectivity index (χ3v) is 4.37. The van der Waals surface area contributed by atoms with Crippen molar-refractivity contribution >= 4 is 23.5 Å². The highest BCUT2D eigenvalue weighted by Gasteiger charge is 2.15. The first-order valence-corrected chi connectivity index (χ1v) is 10.3. The molecule has 0 aliphatic carbocycles. The summed E-state index contributed by atoms with van der Waals surface area (Å²) in [7, 11) is 0. The van der Waals surface area contributed by atoms with Crippen molar-refractivity contribution in [3.05, 3.63) is 59.7 Å². The smallest absolute Gasteiger partial charge is 0.344 e. The Hall–Kier alpha value is -3.35. The number of amides is 2. The summed E-state index contributed by atoms with van der Waals surface area (Å²) in [6, 6.07) is 14.1. The molecule has 0 aromatic heterocycles. The zero-order valence-corrected chi connectivity index (χ0v) is 18.4. The van der Waals surface area contributed by atoms with Crippen LogP contribution in [0.5, 0.6) is 5.75 Å².